The summed E-state index contributed by atoms with van der Waals surface area (Å²) >= 11 is 0. The maximum absolute atomic E-state index is 13.5. The number of nitrogens with zero attached hydrogens (tertiary/aromatic N) is 4. The number of fused-ring (bicyclic) bond motifs is 2. The van der Waals surface area contributed by atoms with Gasteiger partial charge in [-0.2, -0.15) is 17.8 Å². The summed E-state index contributed by atoms with van der Waals surface area (Å²) in [6.45, 7) is 0.909. The van der Waals surface area contributed by atoms with Crippen molar-refractivity contribution in [3.8, 4) is 11.1 Å². The highest BCUT2D eigenvalue weighted by Crippen LogP contribution is 2.24. The van der Waals surface area contributed by atoms with Crippen LogP contribution in [-0.4, -0.2) is 53.8 Å². The van der Waals surface area contributed by atoms with E-state index in [1.54, 1.807) is 47.4 Å². The molecule has 0 radical (unpaired) electrons. The van der Waals surface area contributed by atoms with Gasteiger partial charge in [0.25, 0.3) is 0 Å². The molecular weight excluding hydrogens is 442 g/mol. The summed E-state index contributed by atoms with van der Waals surface area (Å²) in [6.07, 6.45) is 5.93. The highest BCUT2D eigenvalue weighted by Gasteiger charge is 2.29. The van der Waals surface area contributed by atoms with E-state index in [2.05, 4.69) is 14.8 Å². The van der Waals surface area contributed by atoms with Gasteiger partial charge in [0, 0.05) is 55.0 Å². The van der Waals surface area contributed by atoms with Gasteiger partial charge < -0.3 is 4.74 Å². The zero-order chi connectivity index (χ0) is 23.2. The van der Waals surface area contributed by atoms with Crippen LogP contribution in [0.3, 0.4) is 0 Å². The second kappa shape index (κ2) is 8.22. The standard InChI is InChI=1S/C23H23N5O4S/c1-27-13-17(12-25-27)16-9-21-22(24-11-16)6-4-15-3-5-18(10-20(15)23(21)29)26-33(30,31)28(2)19-7-8-32-14-19/h3-6,9-13,19,26H,7-8,14H2,1-2H3/t19-/m1/s1. The summed E-state index contributed by atoms with van der Waals surface area (Å²) in [6, 6.07) is 10.2. The Bertz CT molecular complexity index is 1530. The summed E-state index contributed by atoms with van der Waals surface area (Å²) in [5.41, 5.74) is 2.30. The highest BCUT2D eigenvalue weighted by atomic mass is 32.2. The Morgan fingerprint density at radius 2 is 1.94 bits per heavy atom. The lowest BCUT2D eigenvalue weighted by Crippen LogP contribution is -2.40. The maximum Gasteiger partial charge on any atom is 0.301 e. The molecular formula is C23H23N5O4S. The molecule has 1 aliphatic heterocycles. The van der Waals surface area contributed by atoms with E-state index < -0.39 is 10.2 Å². The molecule has 1 fully saturated rings. The SMILES string of the molecule is CN([C@@H]1CCOC1)S(=O)(=O)Nc1ccc2ccc3ncc(-c4cnn(C)c4)cc3c(=O)c2c1. The Labute approximate surface area is 190 Å². The van der Waals surface area contributed by atoms with Crippen LogP contribution in [-0.2, 0) is 22.0 Å². The maximum atomic E-state index is 13.5. The Balaban J connectivity index is 1.58. The molecule has 0 bridgehead atoms. The first-order valence-corrected chi connectivity index (χ1v) is 12.0. The summed E-state index contributed by atoms with van der Waals surface area (Å²) in [5.74, 6) is 0. The van der Waals surface area contributed by atoms with Crippen molar-refractivity contribution >= 4 is 37.6 Å². The predicted molar refractivity (Wildman–Crippen MR) is 127 cm³/mol. The first-order chi connectivity index (χ1) is 15.8. The lowest BCUT2D eigenvalue weighted by molar-refractivity contribution is 0.181. The third-order valence-electron chi connectivity index (χ3n) is 5.97. The molecule has 1 saturated heterocycles. The molecule has 0 unspecified atom stereocenters. The minimum Gasteiger partial charge on any atom is -0.380 e. The van der Waals surface area contributed by atoms with Gasteiger partial charge in [0.1, 0.15) is 0 Å². The van der Waals surface area contributed by atoms with Crippen LogP contribution < -0.4 is 10.2 Å². The van der Waals surface area contributed by atoms with Crippen LogP contribution in [0.25, 0.3) is 32.8 Å². The molecule has 0 aliphatic carbocycles. The van der Waals surface area contributed by atoms with Crippen molar-refractivity contribution in [3.63, 3.8) is 0 Å². The van der Waals surface area contributed by atoms with Crippen LogP contribution in [0.1, 0.15) is 6.42 Å². The molecule has 4 aromatic rings. The number of aryl methyl sites for hydroxylation is 1. The summed E-state index contributed by atoms with van der Waals surface area (Å²) in [7, 11) is -0.446. The summed E-state index contributed by atoms with van der Waals surface area (Å²) in [5, 5.41) is 5.73. The molecule has 33 heavy (non-hydrogen) atoms. The Hall–Kier alpha value is -3.34. The van der Waals surface area contributed by atoms with Gasteiger partial charge >= 0.3 is 10.2 Å². The third-order valence-corrected chi connectivity index (χ3v) is 7.52. The Morgan fingerprint density at radius 3 is 2.67 bits per heavy atom. The fourth-order valence-corrected chi connectivity index (χ4v) is 5.15. The van der Waals surface area contributed by atoms with Gasteiger partial charge in [0.15, 0.2) is 5.43 Å². The number of nitrogens with one attached hydrogen (secondary N) is 1. The molecule has 0 amide bonds. The first-order valence-electron chi connectivity index (χ1n) is 10.5. The van der Waals surface area contributed by atoms with Gasteiger partial charge in [-0.1, -0.05) is 12.1 Å². The molecule has 10 heteroatoms. The van der Waals surface area contributed by atoms with Crippen LogP contribution in [0.2, 0.25) is 0 Å². The monoisotopic (exact) mass is 465 g/mol. The van der Waals surface area contributed by atoms with Crippen LogP contribution in [0, 0.1) is 0 Å². The van der Waals surface area contributed by atoms with E-state index >= 15 is 0 Å². The lowest BCUT2D eigenvalue weighted by atomic mass is 10.1. The molecule has 0 spiro atoms. The Kier molecular flexibility index (Phi) is 5.35. The van der Waals surface area contributed by atoms with Gasteiger partial charge in [0.2, 0.25) is 0 Å². The van der Waals surface area contributed by atoms with Crippen LogP contribution in [0.5, 0.6) is 0 Å². The Morgan fingerprint density at radius 1 is 1.12 bits per heavy atom. The minimum absolute atomic E-state index is 0.211. The van der Waals surface area contributed by atoms with E-state index in [-0.39, 0.29) is 11.5 Å². The van der Waals surface area contributed by atoms with Crippen molar-refractivity contribution in [2.45, 2.75) is 12.5 Å². The molecule has 5 rings (SSSR count). The van der Waals surface area contributed by atoms with Crippen LogP contribution in [0.4, 0.5) is 5.69 Å². The number of likely N-dealkylation sites (N-methyl/N-ethyl adjacent to an activating group) is 1. The number of ether oxygens (including phenoxy) is 1. The van der Waals surface area contributed by atoms with Gasteiger partial charge in [0.05, 0.1) is 30.0 Å². The predicted octanol–water partition coefficient (Wildman–Crippen LogP) is 2.53. The number of anilines is 1. The fourth-order valence-electron chi connectivity index (χ4n) is 4.02. The van der Waals surface area contributed by atoms with Crippen LogP contribution in [0.15, 0.2) is 59.8 Å². The minimum atomic E-state index is -3.80. The fraction of sp³-hybridized carbons (Fsp3) is 0.261. The van der Waals surface area contributed by atoms with Gasteiger partial charge in [-0.15, -0.1) is 0 Å². The zero-order valence-electron chi connectivity index (χ0n) is 18.2. The van der Waals surface area contributed by atoms with E-state index in [4.69, 9.17) is 4.74 Å². The van der Waals surface area contributed by atoms with Crippen molar-refractivity contribution in [1.29, 1.82) is 0 Å². The van der Waals surface area contributed by atoms with Crippen molar-refractivity contribution in [2.75, 3.05) is 25.0 Å². The van der Waals surface area contributed by atoms with Crippen molar-refractivity contribution in [1.82, 2.24) is 19.1 Å². The molecule has 0 saturated carbocycles. The quantitative estimate of drug-likeness (QED) is 0.486. The first kappa shape index (κ1) is 21.5. The normalized spacial score (nSPS) is 16.6. The molecule has 170 valence electrons. The highest BCUT2D eigenvalue weighted by molar-refractivity contribution is 7.90. The second-order valence-corrected chi connectivity index (χ2v) is 9.89. The number of pyridine rings is 1. The van der Waals surface area contributed by atoms with Gasteiger partial charge in [-0.25, -0.2) is 0 Å². The molecule has 1 atom stereocenters. The molecule has 1 aliphatic rings. The molecule has 9 nitrogen and oxygen atoms in total. The van der Waals surface area contributed by atoms with E-state index in [9.17, 15) is 13.2 Å². The van der Waals surface area contributed by atoms with E-state index in [0.29, 0.717) is 47.0 Å². The molecule has 3 heterocycles. The smallest absolute Gasteiger partial charge is 0.301 e. The number of hydrogen-bond donors (Lipinski definition) is 1. The third kappa shape index (κ3) is 4.08. The molecule has 2 aromatic heterocycles. The summed E-state index contributed by atoms with van der Waals surface area (Å²) in [4.78, 5) is 17.9. The second-order valence-electron chi connectivity index (χ2n) is 8.16. The molecule has 1 N–H and O–H groups in total. The lowest BCUT2D eigenvalue weighted by Gasteiger charge is -2.23. The van der Waals surface area contributed by atoms with Crippen molar-refractivity contribution in [2.24, 2.45) is 7.05 Å². The van der Waals surface area contributed by atoms with E-state index in [1.165, 1.54) is 11.4 Å². The van der Waals surface area contributed by atoms with E-state index in [1.807, 2.05) is 19.3 Å². The number of hydrogen-bond acceptors (Lipinski definition) is 6. The average molecular weight is 466 g/mol. The largest absolute Gasteiger partial charge is 0.380 e. The number of rotatable bonds is 5. The number of benzene rings is 1. The van der Waals surface area contributed by atoms with Crippen LogP contribution >= 0.6 is 0 Å². The summed E-state index contributed by atoms with van der Waals surface area (Å²) < 4.78 is 36.6. The number of aromatic nitrogens is 3. The van der Waals surface area contributed by atoms with Crippen molar-refractivity contribution in [3.05, 3.63) is 65.2 Å². The van der Waals surface area contributed by atoms with E-state index in [0.717, 1.165) is 11.1 Å². The topological polar surface area (TPSA) is 106 Å². The zero-order valence-corrected chi connectivity index (χ0v) is 19.0. The van der Waals surface area contributed by atoms with Crippen molar-refractivity contribution < 1.29 is 13.2 Å². The average Bonchev–Trinajstić information content (AvgIpc) is 3.46. The van der Waals surface area contributed by atoms with Gasteiger partial charge in [-0.3, -0.25) is 19.2 Å². The van der Waals surface area contributed by atoms with Gasteiger partial charge in [-0.05, 0) is 36.1 Å². The molecule has 2 aromatic carbocycles.